The fraction of sp³-hybridized carbons (Fsp3) is 0.481. The van der Waals surface area contributed by atoms with Crippen molar-refractivity contribution >= 4 is 28.9 Å². The van der Waals surface area contributed by atoms with E-state index in [1.54, 1.807) is 0 Å². The Morgan fingerprint density at radius 3 is 2.44 bits per heavy atom. The number of hydrogen-bond acceptors (Lipinski definition) is 9. The average molecular weight is 541 g/mol. The maximum Gasteiger partial charge on any atom is 0.255 e. The number of halogens is 1. The molecule has 1 aromatic rings. The monoisotopic (exact) mass is 540 g/mol. The van der Waals surface area contributed by atoms with E-state index in [2.05, 4.69) is 4.85 Å². The number of nitrogens with zero attached hydrogens (tertiary/aromatic N) is 3. The highest BCUT2D eigenvalue weighted by Gasteiger charge is 2.64. The van der Waals surface area contributed by atoms with Crippen LogP contribution in [0.5, 0.6) is 5.75 Å². The predicted octanol–water partition coefficient (Wildman–Crippen LogP) is 1.25. The SMILES string of the molecule is [C-]#[N+]c1c(O)c2c(c(F)c1CN1CCCC1)C[C@H]1C[C@H]3[C@H](N(C)C)C(=O)C(C(N)=O)=C(O)[C@@]3(O)C(=O)C1=C2O. The molecular weight excluding hydrogens is 511 g/mol. The molecule has 1 amide bonds. The Labute approximate surface area is 223 Å². The fourth-order valence-electron chi connectivity index (χ4n) is 6.81. The van der Waals surface area contributed by atoms with Crippen molar-refractivity contribution in [1.29, 1.82) is 0 Å². The topological polar surface area (TPSA) is 169 Å². The number of hydrogen-bond donors (Lipinski definition) is 5. The van der Waals surface area contributed by atoms with Crippen molar-refractivity contribution in [3.8, 4) is 5.75 Å². The van der Waals surface area contributed by atoms with Gasteiger partial charge in [-0.15, -0.1) is 0 Å². The third-order valence-corrected chi connectivity index (χ3v) is 8.58. The molecule has 0 bridgehead atoms. The van der Waals surface area contributed by atoms with Gasteiger partial charge in [0, 0.05) is 29.2 Å². The molecule has 4 aliphatic rings. The number of primary amides is 1. The number of benzene rings is 1. The summed E-state index contributed by atoms with van der Waals surface area (Å²) in [5, 5.41) is 44.8. The Bertz CT molecular complexity index is 1440. The average Bonchev–Trinajstić information content (AvgIpc) is 3.37. The van der Waals surface area contributed by atoms with Gasteiger partial charge in [-0.3, -0.25) is 19.3 Å². The summed E-state index contributed by atoms with van der Waals surface area (Å²) < 4.78 is 16.0. The van der Waals surface area contributed by atoms with Crippen molar-refractivity contribution in [2.24, 2.45) is 17.6 Å². The van der Waals surface area contributed by atoms with Gasteiger partial charge in [0.15, 0.2) is 11.4 Å². The van der Waals surface area contributed by atoms with E-state index < -0.39 is 75.2 Å². The minimum absolute atomic E-state index is 0.00345. The van der Waals surface area contributed by atoms with Gasteiger partial charge in [-0.05, 0) is 58.8 Å². The first-order valence-electron chi connectivity index (χ1n) is 12.7. The summed E-state index contributed by atoms with van der Waals surface area (Å²) in [6.07, 6.45) is 1.55. The Morgan fingerprint density at radius 1 is 1.23 bits per heavy atom. The number of rotatable bonds is 4. The summed E-state index contributed by atoms with van der Waals surface area (Å²) >= 11 is 0. The lowest BCUT2D eigenvalue weighted by Gasteiger charge is -2.50. The Hall–Kier alpha value is -3.79. The number of aliphatic hydroxyl groups excluding tert-OH is 2. The Morgan fingerprint density at radius 2 is 1.87 bits per heavy atom. The Balaban J connectivity index is 1.71. The summed E-state index contributed by atoms with van der Waals surface area (Å²) in [5.41, 5.74) is 0.375. The number of likely N-dealkylation sites (tertiary alicyclic amines) is 1. The lowest BCUT2D eigenvalue weighted by molar-refractivity contribution is -0.153. The molecule has 206 valence electrons. The van der Waals surface area contributed by atoms with Crippen LogP contribution in [0.25, 0.3) is 10.6 Å². The molecule has 1 heterocycles. The maximum atomic E-state index is 16.0. The van der Waals surface area contributed by atoms with E-state index in [4.69, 9.17) is 12.3 Å². The third-order valence-electron chi connectivity index (χ3n) is 8.58. The van der Waals surface area contributed by atoms with Gasteiger partial charge in [0.2, 0.25) is 11.5 Å². The maximum absolute atomic E-state index is 16.0. The molecule has 0 spiro atoms. The summed E-state index contributed by atoms with van der Waals surface area (Å²) in [5.74, 6) is -8.97. The largest absolute Gasteiger partial charge is 0.518 e. The van der Waals surface area contributed by atoms with Crippen LogP contribution >= 0.6 is 0 Å². The molecule has 4 atom stereocenters. The van der Waals surface area contributed by atoms with Gasteiger partial charge < -0.3 is 31.1 Å². The normalized spacial score (nSPS) is 28.9. The van der Waals surface area contributed by atoms with Gasteiger partial charge in [-0.25, -0.2) is 9.24 Å². The van der Waals surface area contributed by atoms with Crippen LogP contribution in [0.15, 0.2) is 16.9 Å². The zero-order valence-electron chi connectivity index (χ0n) is 21.5. The molecule has 12 heteroatoms. The Kier molecular flexibility index (Phi) is 6.29. The van der Waals surface area contributed by atoms with Gasteiger partial charge in [0.25, 0.3) is 5.91 Å². The molecular formula is C27H29FN4O7. The van der Waals surface area contributed by atoms with E-state index in [0.29, 0.717) is 13.1 Å². The van der Waals surface area contributed by atoms with Crippen molar-refractivity contribution in [2.75, 3.05) is 27.2 Å². The van der Waals surface area contributed by atoms with Crippen LogP contribution in [0.1, 0.15) is 36.0 Å². The molecule has 0 aromatic heterocycles. The summed E-state index contributed by atoms with van der Waals surface area (Å²) in [4.78, 5) is 45.7. The molecule has 0 radical (unpaired) electrons. The van der Waals surface area contributed by atoms with Crippen LogP contribution < -0.4 is 5.73 Å². The molecule has 5 rings (SSSR count). The number of likely N-dealkylation sites (N-methyl/N-ethyl adjacent to an activating group) is 1. The van der Waals surface area contributed by atoms with Gasteiger partial charge in [0.1, 0.15) is 28.7 Å². The second-order valence-electron chi connectivity index (χ2n) is 10.9. The number of carbonyl (C=O) groups is 3. The first kappa shape index (κ1) is 26.8. The van der Waals surface area contributed by atoms with Gasteiger partial charge >= 0.3 is 0 Å². The van der Waals surface area contributed by atoms with Gasteiger partial charge in [0.05, 0.1) is 18.2 Å². The molecule has 11 nitrogen and oxygen atoms in total. The van der Waals surface area contributed by atoms with Crippen molar-refractivity contribution in [2.45, 2.75) is 43.9 Å². The van der Waals surface area contributed by atoms with Crippen molar-refractivity contribution < 1.29 is 39.2 Å². The number of aromatic hydroxyl groups is 1. The highest BCUT2D eigenvalue weighted by molar-refractivity contribution is 6.24. The third kappa shape index (κ3) is 3.61. The molecule has 3 aliphatic carbocycles. The molecule has 1 saturated carbocycles. The molecule has 1 saturated heterocycles. The summed E-state index contributed by atoms with van der Waals surface area (Å²) in [6.45, 7) is 9.10. The standard InChI is InChI=1S/C27H29FN4O7/c1-30-19-13(10-32-6-4-5-7-32)18(28)12-8-11-9-14-20(31(2)3)23(35)17(26(29)38)25(37)27(14,39)24(36)15(11)21(33)16(12)22(19)34/h11,14,20,33-34,37,39H,4-10H2,2-3H3,(H2,29,38)/t11-,14-,20-,27-/m0/s1. The first-order chi connectivity index (χ1) is 18.4. The molecule has 2 fully saturated rings. The summed E-state index contributed by atoms with van der Waals surface area (Å²) in [6, 6.07) is -1.23. The predicted molar refractivity (Wildman–Crippen MR) is 135 cm³/mol. The highest BCUT2D eigenvalue weighted by atomic mass is 19.1. The van der Waals surface area contributed by atoms with Crippen molar-refractivity contribution in [3.63, 3.8) is 0 Å². The number of Topliss-reactive ketones (excluding diaryl/α,β-unsaturated/α-hetero) is 2. The number of amides is 1. The number of nitrogens with two attached hydrogens (primary N) is 1. The number of ketones is 2. The zero-order valence-corrected chi connectivity index (χ0v) is 21.5. The van der Waals surface area contributed by atoms with E-state index in [1.165, 1.54) is 19.0 Å². The number of carbonyl (C=O) groups excluding carboxylic acids is 3. The number of fused-ring (bicyclic) bond motifs is 3. The number of aliphatic hydroxyl groups is 3. The van der Waals surface area contributed by atoms with Crippen LogP contribution in [0.2, 0.25) is 0 Å². The van der Waals surface area contributed by atoms with Crippen molar-refractivity contribution in [3.05, 3.63) is 50.8 Å². The van der Waals surface area contributed by atoms with Crippen molar-refractivity contribution in [1.82, 2.24) is 9.80 Å². The number of phenolic OH excluding ortho intramolecular Hbond substituents is 1. The lowest BCUT2D eigenvalue weighted by Crippen LogP contribution is -2.65. The smallest absolute Gasteiger partial charge is 0.255 e. The molecule has 6 N–H and O–H groups in total. The minimum Gasteiger partial charge on any atom is -0.518 e. The van der Waals surface area contributed by atoms with Crippen LogP contribution in [0, 0.1) is 24.2 Å². The van der Waals surface area contributed by atoms with Crippen LogP contribution in [-0.2, 0) is 27.3 Å². The van der Waals surface area contributed by atoms with E-state index in [1.807, 2.05) is 4.90 Å². The van der Waals surface area contributed by atoms with E-state index in [9.17, 15) is 34.8 Å². The highest BCUT2D eigenvalue weighted by Crippen LogP contribution is 2.54. The second kappa shape index (κ2) is 9.15. The second-order valence-corrected chi connectivity index (χ2v) is 10.9. The van der Waals surface area contributed by atoms with Gasteiger partial charge in [-0.2, -0.15) is 0 Å². The minimum atomic E-state index is -2.78. The van der Waals surface area contributed by atoms with Crippen LogP contribution in [0.4, 0.5) is 10.1 Å². The fourth-order valence-corrected chi connectivity index (χ4v) is 6.81. The molecule has 1 aromatic carbocycles. The van der Waals surface area contributed by atoms with Crippen LogP contribution in [0.3, 0.4) is 0 Å². The quantitative estimate of drug-likeness (QED) is 0.279. The zero-order chi connectivity index (χ0) is 28.5. The van der Waals surface area contributed by atoms with E-state index >= 15 is 4.39 Å². The van der Waals surface area contributed by atoms with Crippen LogP contribution in [-0.4, -0.2) is 86.5 Å². The van der Waals surface area contributed by atoms with E-state index in [-0.39, 0.29) is 41.8 Å². The molecule has 0 unspecified atom stereocenters. The number of phenols is 1. The first-order valence-corrected chi connectivity index (χ1v) is 12.7. The summed E-state index contributed by atoms with van der Waals surface area (Å²) in [7, 11) is 3.00. The molecule has 1 aliphatic heterocycles. The lowest BCUT2D eigenvalue weighted by atomic mass is 9.57. The van der Waals surface area contributed by atoms with Gasteiger partial charge in [-0.1, -0.05) is 0 Å². The molecule has 39 heavy (non-hydrogen) atoms. The van der Waals surface area contributed by atoms with E-state index in [0.717, 1.165) is 12.8 Å².